The molecular formula is C27H36ClN3O2S. The van der Waals surface area contributed by atoms with Crippen molar-refractivity contribution in [3.63, 3.8) is 0 Å². The van der Waals surface area contributed by atoms with Gasteiger partial charge in [-0.15, -0.1) is 22.9 Å². The number of rotatable bonds is 5. The molecule has 3 heterocycles. The molecule has 0 saturated carbocycles. The third-order valence-electron chi connectivity index (χ3n) is 7.35. The van der Waals surface area contributed by atoms with Crippen molar-refractivity contribution in [2.75, 3.05) is 38.6 Å². The van der Waals surface area contributed by atoms with Crippen molar-refractivity contribution in [1.29, 1.82) is 0 Å². The van der Waals surface area contributed by atoms with E-state index in [9.17, 15) is 9.59 Å². The highest BCUT2D eigenvalue weighted by atomic mass is 35.5. The van der Waals surface area contributed by atoms with Gasteiger partial charge in [-0.25, -0.2) is 0 Å². The average Bonchev–Trinajstić information content (AvgIpc) is 3.19. The minimum Gasteiger partial charge on any atom is -0.340 e. The first-order chi connectivity index (χ1) is 16.2. The van der Waals surface area contributed by atoms with Crippen molar-refractivity contribution in [2.45, 2.75) is 52.6 Å². The molecule has 2 amide bonds. The topological polar surface area (TPSA) is 43.9 Å². The summed E-state index contributed by atoms with van der Waals surface area (Å²) in [6, 6.07) is 10.6. The second kappa shape index (κ2) is 10.4. The zero-order valence-corrected chi connectivity index (χ0v) is 22.3. The van der Waals surface area contributed by atoms with E-state index in [4.69, 9.17) is 11.6 Å². The van der Waals surface area contributed by atoms with E-state index in [0.717, 1.165) is 19.4 Å². The van der Waals surface area contributed by atoms with Crippen molar-refractivity contribution in [2.24, 2.45) is 5.41 Å². The summed E-state index contributed by atoms with van der Waals surface area (Å²) in [5, 5.41) is 2.18. The van der Waals surface area contributed by atoms with Gasteiger partial charge in [0.05, 0.1) is 17.5 Å². The minimum atomic E-state index is -0.583. The lowest BCUT2D eigenvalue weighted by molar-refractivity contribution is -0.140. The zero-order chi connectivity index (χ0) is 24.5. The van der Waals surface area contributed by atoms with E-state index in [1.807, 2.05) is 35.0 Å². The Morgan fingerprint density at radius 3 is 2.50 bits per heavy atom. The number of halogens is 1. The lowest BCUT2D eigenvalue weighted by Crippen LogP contribution is -2.51. The van der Waals surface area contributed by atoms with Crippen LogP contribution < -0.4 is 0 Å². The molecule has 0 aliphatic carbocycles. The van der Waals surface area contributed by atoms with Crippen LogP contribution >= 0.6 is 22.9 Å². The summed E-state index contributed by atoms with van der Waals surface area (Å²) in [4.78, 5) is 34.3. The predicted molar refractivity (Wildman–Crippen MR) is 139 cm³/mol. The number of benzene rings is 1. The summed E-state index contributed by atoms with van der Waals surface area (Å²) in [6.07, 6.45) is 1.77. The molecule has 0 unspecified atom stereocenters. The number of amides is 2. The fourth-order valence-electron chi connectivity index (χ4n) is 5.22. The normalized spacial score (nSPS) is 20.6. The van der Waals surface area contributed by atoms with Gasteiger partial charge in [0.2, 0.25) is 11.8 Å². The van der Waals surface area contributed by atoms with Gasteiger partial charge in [0.25, 0.3) is 0 Å². The molecule has 1 fully saturated rings. The lowest BCUT2D eigenvalue weighted by atomic mass is 9.89. The van der Waals surface area contributed by atoms with Gasteiger partial charge in [-0.05, 0) is 68.7 Å². The molecule has 2 aliphatic heterocycles. The van der Waals surface area contributed by atoms with Crippen LogP contribution in [0.1, 0.15) is 54.8 Å². The Morgan fingerprint density at radius 2 is 1.76 bits per heavy atom. The molecule has 34 heavy (non-hydrogen) atoms. The van der Waals surface area contributed by atoms with Gasteiger partial charge in [0.15, 0.2) is 0 Å². The first-order valence-electron chi connectivity index (χ1n) is 12.3. The molecular weight excluding hydrogens is 466 g/mol. The number of carbonyl (C=O) groups excluding carboxylic acids is 2. The summed E-state index contributed by atoms with van der Waals surface area (Å²) < 4.78 is 0. The van der Waals surface area contributed by atoms with E-state index in [0.29, 0.717) is 32.1 Å². The number of carbonyl (C=O) groups is 2. The first-order valence-corrected chi connectivity index (χ1v) is 13.7. The second-order valence-corrected chi connectivity index (χ2v) is 11.5. The number of nitrogens with zero attached hydrogens (tertiary/aromatic N) is 3. The summed E-state index contributed by atoms with van der Waals surface area (Å²) >= 11 is 7.86. The third-order valence-corrected chi connectivity index (χ3v) is 9.01. The second-order valence-electron chi connectivity index (χ2n) is 10.2. The maximum Gasteiger partial charge on any atom is 0.239 e. The molecule has 1 aromatic carbocycles. The largest absolute Gasteiger partial charge is 0.340 e. The summed E-state index contributed by atoms with van der Waals surface area (Å²) in [7, 11) is 0. The van der Waals surface area contributed by atoms with E-state index < -0.39 is 5.41 Å². The van der Waals surface area contributed by atoms with E-state index in [2.05, 4.69) is 54.5 Å². The van der Waals surface area contributed by atoms with Crippen LogP contribution in [-0.4, -0.2) is 71.2 Å². The number of thiophene rings is 1. The third kappa shape index (κ3) is 4.91. The number of hydrogen-bond acceptors (Lipinski definition) is 4. The molecule has 2 aliphatic rings. The molecule has 0 bridgehead atoms. The molecule has 7 heteroatoms. The van der Waals surface area contributed by atoms with E-state index in [1.165, 1.54) is 21.6 Å². The van der Waals surface area contributed by atoms with Crippen LogP contribution in [0.15, 0.2) is 35.7 Å². The fraction of sp³-hybridized carbons (Fsp3) is 0.556. The maximum atomic E-state index is 13.8. The van der Waals surface area contributed by atoms with Gasteiger partial charge in [-0.1, -0.05) is 24.3 Å². The molecule has 2 aromatic rings. The van der Waals surface area contributed by atoms with Crippen LogP contribution in [0.4, 0.5) is 0 Å². The lowest BCUT2D eigenvalue weighted by Gasteiger charge is -2.41. The Bertz CT molecular complexity index is 1040. The Hall–Kier alpha value is -1.89. The van der Waals surface area contributed by atoms with Gasteiger partial charge in [-0.2, -0.15) is 0 Å². The van der Waals surface area contributed by atoms with Crippen molar-refractivity contribution in [3.05, 3.63) is 57.3 Å². The van der Waals surface area contributed by atoms with Gasteiger partial charge in [0.1, 0.15) is 0 Å². The molecule has 184 valence electrons. The van der Waals surface area contributed by atoms with Crippen molar-refractivity contribution in [1.82, 2.24) is 14.7 Å². The van der Waals surface area contributed by atoms with Crippen molar-refractivity contribution < 1.29 is 9.59 Å². The molecule has 1 aromatic heterocycles. The standard InChI is InChI=1S/C27H36ClN3O2S/c1-19-8-5-6-9-21(19)24-22-11-17-34-23(22)10-14-31(24)20(2)25(32)29-12-7-13-30(16-15-29)26(33)27(3,4)18-28/h5-6,8-9,11,17,20,24H,7,10,12-16,18H2,1-4H3/t20-,24+/m1/s1. The molecule has 0 radical (unpaired) electrons. The van der Waals surface area contributed by atoms with Crippen LogP contribution in [-0.2, 0) is 16.0 Å². The summed E-state index contributed by atoms with van der Waals surface area (Å²) in [5.74, 6) is 0.524. The smallest absolute Gasteiger partial charge is 0.239 e. The van der Waals surface area contributed by atoms with Crippen LogP contribution in [0.5, 0.6) is 0 Å². The van der Waals surface area contributed by atoms with E-state index in [-0.39, 0.29) is 23.9 Å². The highest BCUT2D eigenvalue weighted by Crippen LogP contribution is 2.40. The first kappa shape index (κ1) is 25.2. The van der Waals surface area contributed by atoms with Gasteiger partial charge in [-0.3, -0.25) is 14.5 Å². The Morgan fingerprint density at radius 1 is 1.06 bits per heavy atom. The number of aryl methyl sites for hydroxylation is 1. The van der Waals surface area contributed by atoms with Crippen molar-refractivity contribution in [3.8, 4) is 0 Å². The van der Waals surface area contributed by atoms with E-state index in [1.54, 1.807) is 0 Å². The van der Waals surface area contributed by atoms with Gasteiger partial charge in [0, 0.05) is 43.5 Å². The van der Waals surface area contributed by atoms with Gasteiger partial charge >= 0.3 is 0 Å². The molecule has 0 spiro atoms. The quantitative estimate of drug-likeness (QED) is 0.557. The molecule has 1 saturated heterocycles. The maximum absolute atomic E-state index is 13.8. The highest BCUT2D eigenvalue weighted by Gasteiger charge is 2.38. The Kier molecular flexibility index (Phi) is 7.70. The van der Waals surface area contributed by atoms with Crippen LogP contribution in [0, 0.1) is 12.3 Å². The average molecular weight is 502 g/mol. The van der Waals surface area contributed by atoms with Crippen LogP contribution in [0.3, 0.4) is 0 Å². The highest BCUT2D eigenvalue weighted by molar-refractivity contribution is 7.10. The fourth-order valence-corrected chi connectivity index (χ4v) is 6.24. The summed E-state index contributed by atoms with van der Waals surface area (Å²) in [6.45, 7) is 11.3. The van der Waals surface area contributed by atoms with Gasteiger partial charge < -0.3 is 9.80 Å². The summed E-state index contributed by atoms with van der Waals surface area (Å²) in [5.41, 5.74) is 3.28. The SMILES string of the molecule is Cc1ccccc1[C@H]1c2ccsc2CCN1[C@H](C)C(=O)N1CCCN(C(=O)C(C)(C)CCl)CC1. The monoisotopic (exact) mass is 501 g/mol. The number of hydrogen-bond donors (Lipinski definition) is 0. The molecule has 0 N–H and O–H groups in total. The molecule has 5 nitrogen and oxygen atoms in total. The Balaban J connectivity index is 1.53. The minimum absolute atomic E-state index is 0.0745. The van der Waals surface area contributed by atoms with Crippen molar-refractivity contribution >= 4 is 34.8 Å². The van der Waals surface area contributed by atoms with E-state index >= 15 is 0 Å². The Labute approximate surface area is 212 Å². The number of alkyl halides is 1. The van der Waals surface area contributed by atoms with Crippen LogP contribution in [0.2, 0.25) is 0 Å². The zero-order valence-electron chi connectivity index (χ0n) is 20.7. The predicted octanol–water partition coefficient (Wildman–Crippen LogP) is 4.72. The number of fused-ring (bicyclic) bond motifs is 1. The van der Waals surface area contributed by atoms with Crippen LogP contribution in [0.25, 0.3) is 0 Å². The molecule has 2 atom stereocenters. The molecule has 4 rings (SSSR count).